The van der Waals surface area contributed by atoms with E-state index in [0.717, 1.165) is 18.6 Å². The molecule has 1 aliphatic rings. The van der Waals surface area contributed by atoms with Gasteiger partial charge in [0.15, 0.2) is 17.3 Å². The Bertz CT molecular complexity index is 756. The number of hydrogen-bond donors (Lipinski definition) is 0. The minimum Gasteiger partial charge on any atom is -0.497 e. The second kappa shape index (κ2) is 7.68. The first kappa shape index (κ1) is 18.1. The van der Waals surface area contributed by atoms with Crippen LogP contribution in [0, 0.1) is 5.92 Å². The largest absolute Gasteiger partial charge is 0.497 e. The topological polar surface area (TPSA) is 54.0 Å². The highest BCUT2D eigenvalue weighted by Gasteiger charge is 2.38. The fourth-order valence-electron chi connectivity index (χ4n) is 3.50. The molecular formula is C21H24O5. The SMILES string of the molecule is COc1ccc(C2CCC2C(=O)c2cc(OC)c(OC)c(OC)c2)cc1. The van der Waals surface area contributed by atoms with E-state index in [2.05, 4.69) is 0 Å². The second-order valence-corrected chi connectivity index (χ2v) is 6.34. The summed E-state index contributed by atoms with van der Waals surface area (Å²) >= 11 is 0. The summed E-state index contributed by atoms with van der Waals surface area (Å²) in [5.41, 5.74) is 1.76. The van der Waals surface area contributed by atoms with E-state index in [1.807, 2.05) is 24.3 Å². The quantitative estimate of drug-likeness (QED) is 0.699. The van der Waals surface area contributed by atoms with Gasteiger partial charge in [0.05, 0.1) is 28.4 Å². The first-order chi connectivity index (χ1) is 12.6. The van der Waals surface area contributed by atoms with Crippen LogP contribution in [0.2, 0.25) is 0 Å². The molecule has 0 saturated heterocycles. The molecule has 1 aliphatic carbocycles. The molecule has 0 heterocycles. The van der Waals surface area contributed by atoms with Gasteiger partial charge in [-0.05, 0) is 48.6 Å². The van der Waals surface area contributed by atoms with Crippen molar-refractivity contribution < 1.29 is 23.7 Å². The van der Waals surface area contributed by atoms with Crippen LogP contribution in [0.3, 0.4) is 0 Å². The summed E-state index contributed by atoms with van der Waals surface area (Å²) in [5.74, 6) is 2.61. The van der Waals surface area contributed by atoms with E-state index in [9.17, 15) is 4.79 Å². The Morgan fingerprint density at radius 1 is 0.846 bits per heavy atom. The molecule has 0 spiro atoms. The number of ether oxygens (including phenoxy) is 4. The number of methoxy groups -OCH3 is 4. The number of rotatable bonds is 7. The van der Waals surface area contributed by atoms with E-state index in [1.54, 1.807) is 40.6 Å². The van der Waals surface area contributed by atoms with Gasteiger partial charge in [-0.2, -0.15) is 0 Å². The second-order valence-electron chi connectivity index (χ2n) is 6.34. The van der Waals surface area contributed by atoms with Crippen LogP contribution in [0.15, 0.2) is 36.4 Å². The third-order valence-corrected chi connectivity index (χ3v) is 5.10. The zero-order valence-corrected chi connectivity index (χ0v) is 15.6. The maximum atomic E-state index is 13.1. The van der Waals surface area contributed by atoms with Crippen LogP contribution in [-0.2, 0) is 0 Å². The van der Waals surface area contributed by atoms with Gasteiger partial charge in [0.2, 0.25) is 5.75 Å². The van der Waals surface area contributed by atoms with Crippen molar-refractivity contribution in [2.24, 2.45) is 5.92 Å². The molecule has 0 aromatic heterocycles. The van der Waals surface area contributed by atoms with Crippen LogP contribution in [0.5, 0.6) is 23.0 Å². The van der Waals surface area contributed by atoms with Gasteiger partial charge < -0.3 is 18.9 Å². The zero-order chi connectivity index (χ0) is 18.7. The number of carbonyl (C=O) groups is 1. The van der Waals surface area contributed by atoms with Gasteiger partial charge in [-0.3, -0.25) is 4.79 Å². The minimum absolute atomic E-state index is 0.0359. The summed E-state index contributed by atoms with van der Waals surface area (Å²) in [6, 6.07) is 11.4. The standard InChI is InChI=1S/C21H24O5/c1-23-15-7-5-13(6-8-15)16-9-10-17(16)20(22)14-11-18(24-2)21(26-4)19(12-14)25-3/h5-8,11-12,16-17H,9-10H2,1-4H3. The lowest BCUT2D eigenvalue weighted by molar-refractivity contribution is 0.0818. The Kier molecular flexibility index (Phi) is 5.35. The van der Waals surface area contributed by atoms with Crippen molar-refractivity contribution in [3.63, 3.8) is 0 Å². The van der Waals surface area contributed by atoms with Crippen LogP contribution in [-0.4, -0.2) is 34.2 Å². The molecule has 0 aliphatic heterocycles. The first-order valence-electron chi connectivity index (χ1n) is 8.61. The molecule has 0 amide bonds. The molecule has 0 radical (unpaired) electrons. The molecule has 138 valence electrons. The van der Waals surface area contributed by atoms with E-state index >= 15 is 0 Å². The van der Waals surface area contributed by atoms with Crippen molar-refractivity contribution in [2.75, 3.05) is 28.4 Å². The van der Waals surface area contributed by atoms with Crippen molar-refractivity contribution in [3.05, 3.63) is 47.5 Å². The van der Waals surface area contributed by atoms with Crippen LogP contribution in [0.4, 0.5) is 0 Å². The van der Waals surface area contributed by atoms with Gasteiger partial charge in [0, 0.05) is 11.5 Å². The lowest BCUT2D eigenvalue weighted by atomic mass is 9.67. The van der Waals surface area contributed by atoms with E-state index in [0.29, 0.717) is 22.8 Å². The van der Waals surface area contributed by atoms with E-state index in [1.165, 1.54) is 5.56 Å². The van der Waals surface area contributed by atoms with Crippen LogP contribution in [0.1, 0.15) is 34.7 Å². The average molecular weight is 356 g/mol. The molecular weight excluding hydrogens is 332 g/mol. The Morgan fingerprint density at radius 2 is 1.46 bits per heavy atom. The Labute approximate surface area is 153 Å². The molecule has 0 bridgehead atoms. The van der Waals surface area contributed by atoms with Crippen LogP contribution in [0.25, 0.3) is 0 Å². The van der Waals surface area contributed by atoms with Crippen molar-refractivity contribution >= 4 is 5.78 Å². The molecule has 26 heavy (non-hydrogen) atoms. The van der Waals surface area contributed by atoms with Crippen LogP contribution >= 0.6 is 0 Å². The summed E-state index contributed by atoms with van der Waals surface area (Å²) in [4.78, 5) is 13.1. The molecule has 1 fully saturated rings. The molecule has 2 aromatic rings. The van der Waals surface area contributed by atoms with Gasteiger partial charge in [0.1, 0.15) is 5.75 Å². The van der Waals surface area contributed by atoms with Gasteiger partial charge in [-0.25, -0.2) is 0 Å². The number of hydrogen-bond acceptors (Lipinski definition) is 5. The number of ketones is 1. The monoisotopic (exact) mass is 356 g/mol. The summed E-state index contributed by atoms with van der Waals surface area (Å²) in [6.45, 7) is 0. The fourth-order valence-corrected chi connectivity index (χ4v) is 3.50. The predicted octanol–water partition coefficient (Wildman–Crippen LogP) is 4.10. The summed E-state index contributed by atoms with van der Waals surface area (Å²) in [5, 5.41) is 0. The van der Waals surface area contributed by atoms with Crippen molar-refractivity contribution in [2.45, 2.75) is 18.8 Å². The normalized spacial score (nSPS) is 18.6. The molecule has 3 rings (SSSR count). The average Bonchev–Trinajstić information content (AvgIpc) is 2.66. The van der Waals surface area contributed by atoms with Gasteiger partial charge in [0.25, 0.3) is 0 Å². The zero-order valence-electron chi connectivity index (χ0n) is 15.6. The third-order valence-electron chi connectivity index (χ3n) is 5.10. The third kappa shape index (κ3) is 3.21. The lowest BCUT2D eigenvalue weighted by Gasteiger charge is -2.36. The summed E-state index contributed by atoms with van der Waals surface area (Å²) in [6.07, 6.45) is 1.89. The molecule has 0 N–H and O–H groups in total. The molecule has 2 atom stereocenters. The number of Topliss-reactive ketones (excluding diaryl/α,β-unsaturated/α-hetero) is 1. The lowest BCUT2D eigenvalue weighted by Crippen LogP contribution is -2.31. The summed E-state index contributed by atoms with van der Waals surface area (Å²) < 4.78 is 21.3. The Hall–Kier alpha value is -2.69. The number of carbonyl (C=O) groups excluding carboxylic acids is 1. The molecule has 5 nitrogen and oxygen atoms in total. The van der Waals surface area contributed by atoms with Crippen molar-refractivity contribution in [1.29, 1.82) is 0 Å². The van der Waals surface area contributed by atoms with E-state index in [-0.39, 0.29) is 17.6 Å². The molecule has 5 heteroatoms. The van der Waals surface area contributed by atoms with Gasteiger partial charge in [-0.1, -0.05) is 12.1 Å². The highest BCUT2D eigenvalue weighted by Crippen LogP contribution is 2.46. The van der Waals surface area contributed by atoms with E-state index < -0.39 is 0 Å². The molecule has 1 saturated carbocycles. The maximum Gasteiger partial charge on any atom is 0.203 e. The van der Waals surface area contributed by atoms with E-state index in [4.69, 9.17) is 18.9 Å². The summed E-state index contributed by atoms with van der Waals surface area (Å²) in [7, 11) is 6.30. The minimum atomic E-state index is -0.0359. The van der Waals surface area contributed by atoms with Crippen LogP contribution < -0.4 is 18.9 Å². The van der Waals surface area contributed by atoms with Crippen molar-refractivity contribution in [3.8, 4) is 23.0 Å². The molecule has 2 unspecified atom stereocenters. The Morgan fingerprint density at radius 3 is 1.88 bits per heavy atom. The number of benzene rings is 2. The highest BCUT2D eigenvalue weighted by molar-refractivity contribution is 6.00. The van der Waals surface area contributed by atoms with Gasteiger partial charge >= 0.3 is 0 Å². The highest BCUT2D eigenvalue weighted by atomic mass is 16.5. The van der Waals surface area contributed by atoms with Crippen molar-refractivity contribution in [1.82, 2.24) is 0 Å². The van der Waals surface area contributed by atoms with Gasteiger partial charge in [-0.15, -0.1) is 0 Å². The Balaban J connectivity index is 1.86. The predicted molar refractivity (Wildman–Crippen MR) is 98.9 cm³/mol. The smallest absolute Gasteiger partial charge is 0.203 e. The maximum absolute atomic E-state index is 13.1. The first-order valence-corrected chi connectivity index (χ1v) is 8.61. The fraction of sp³-hybridized carbons (Fsp3) is 0.381. The molecule has 2 aromatic carbocycles.